The third-order valence-electron chi connectivity index (χ3n) is 2.82. The Morgan fingerprint density at radius 1 is 1.05 bits per heavy atom. The smallest absolute Gasteiger partial charge is 0.119 e. The lowest BCUT2D eigenvalue weighted by molar-refractivity contribution is 0.312. The van der Waals surface area contributed by atoms with Crippen molar-refractivity contribution < 1.29 is 4.74 Å². The lowest BCUT2D eigenvalue weighted by atomic mass is 10.2. The molecule has 0 atom stereocenters. The fourth-order valence-electron chi connectivity index (χ4n) is 1.77. The van der Waals surface area contributed by atoms with Crippen LogP contribution in [0.25, 0.3) is 0 Å². The van der Waals surface area contributed by atoms with Crippen molar-refractivity contribution in [2.75, 3.05) is 13.2 Å². The van der Waals surface area contributed by atoms with Gasteiger partial charge in [0, 0.05) is 19.4 Å². The SMILES string of the molecule is N#CCCCCNCc1cccc(OCCCC#N)c1. The Labute approximate surface area is 121 Å². The van der Waals surface area contributed by atoms with E-state index in [1.54, 1.807) is 0 Å². The van der Waals surface area contributed by atoms with Crippen molar-refractivity contribution >= 4 is 0 Å². The topological polar surface area (TPSA) is 68.8 Å². The molecule has 0 amide bonds. The van der Waals surface area contributed by atoms with E-state index in [-0.39, 0.29) is 0 Å². The zero-order chi connectivity index (χ0) is 14.5. The van der Waals surface area contributed by atoms with Crippen LogP contribution in [0.3, 0.4) is 0 Å². The quantitative estimate of drug-likeness (QED) is 0.664. The van der Waals surface area contributed by atoms with Crippen molar-refractivity contribution in [3.8, 4) is 17.9 Å². The Kier molecular flexibility index (Phi) is 8.68. The molecule has 0 unspecified atom stereocenters. The van der Waals surface area contributed by atoms with Gasteiger partial charge in [-0.15, -0.1) is 0 Å². The van der Waals surface area contributed by atoms with Crippen LogP contribution in [-0.4, -0.2) is 13.2 Å². The van der Waals surface area contributed by atoms with E-state index in [1.165, 1.54) is 5.56 Å². The van der Waals surface area contributed by atoms with Crippen LogP contribution in [0.4, 0.5) is 0 Å². The molecule has 0 aliphatic rings. The summed E-state index contributed by atoms with van der Waals surface area (Å²) in [5.41, 5.74) is 1.18. The van der Waals surface area contributed by atoms with Crippen molar-refractivity contribution in [1.29, 1.82) is 10.5 Å². The molecule has 0 aromatic heterocycles. The average Bonchev–Trinajstić information content (AvgIpc) is 2.48. The number of nitrogens with one attached hydrogen (secondary N) is 1. The third-order valence-corrected chi connectivity index (χ3v) is 2.82. The second-order valence-corrected chi connectivity index (χ2v) is 4.55. The van der Waals surface area contributed by atoms with Crippen molar-refractivity contribution in [3.63, 3.8) is 0 Å². The summed E-state index contributed by atoms with van der Waals surface area (Å²) in [4.78, 5) is 0. The predicted octanol–water partition coefficient (Wildman–Crippen LogP) is 3.15. The molecular formula is C16H21N3O. The highest BCUT2D eigenvalue weighted by molar-refractivity contribution is 5.28. The highest BCUT2D eigenvalue weighted by Gasteiger charge is 1.97. The van der Waals surface area contributed by atoms with Crippen LogP contribution in [-0.2, 0) is 6.54 Å². The van der Waals surface area contributed by atoms with Crippen molar-refractivity contribution in [2.24, 2.45) is 0 Å². The number of ether oxygens (including phenoxy) is 1. The molecule has 1 aromatic carbocycles. The van der Waals surface area contributed by atoms with E-state index in [4.69, 9.17) is 15.3 Å². The summed E-state index contributed by atoms with van der Waals surface area (Å²) in [6, 6.07) is 12.2. The molecule has 1 rings (SSSR count). The standard InChI is InChI=1S/C16H21N3O/c17-9-2-1-4-11-19-14-15-7-6-8-16(13-15)20-12-5-3-10-18/h6-8,13,19H,1-5,11-12,14H2. The summed E-state index contributed by atoms with van der Waals surface area (Å²) in [6.45, 7) is 2.31. The maximum atomic E-state index is 8.45. The summed E-state index contributed by atoms with van der Waals surface area (Å²) in [5.74, 6) is 0.853. The Morgan fingerprint density at radius 2 is 1.85 bits per heavy atom. The molecule has 20 heavy (non-hydrogen) atoms. The second kappa shape index (κ2) is 10.8. The Balaban J connectivity index is 2.22. The molecule has 4 heteroatoms. The lowest BCUT2D eigenvalue weighted by Crippen LogP contribution is -2.14. The van der Waals surface area contributed by atoms with Crippen LogP contribution in [0, 0.1) is 22.7 Å². The molecule has 0 fully saturated rings. The van der Waals surface area contributed by atoms with Crippen LogP contribution < -0.4 is 10.1 Å². The van der Waals surface area contributed by atoms with Crippen LogP contribution >= 0.6 is 0 Å². The van der Waals surface area contributed by atoms with Gasteiger partial charge < -0.3 is 10.1 Å². The van der Waals surface area contributed by atoms with E-state index >= 15 is 0 Å². The van der Waals surface area contributed by atoms with Crippen molar-refractivity contribution in [2.45, 2.75) is 38.6 Å². The maximum Gasteiger partial charge on any atom is 0.119 e. The summed E-state index contributed by atoms with van der Waals surface area (Å²) in [5, 5.41) is 20.2. The van der Waals surface area contributed by atoms with Crippen molar-refractivity contribution in [3.05, 3.63) is 29.8 Å². The van der Waals surface area contributed by atoms with E-state index in [0.717, 1.165) is 38.1 Å². The average molecular weight is 271 g/mol. The minimum atomic E-state index is 0.532. The molecule has 0 saturated carbocycles. The monoisotopic (exact) mass is 271 g/mol. The Morgan fingerprint density at radius 3 is 2.65 bits per heavy atom. The molecule has 106 valence electrons. The van der Waals surface area contributed by atoms with Gasteiger partial charge in [-0.3, -0.25) is 0 Å². The first-order valence-corrected chi connectivity index (χ1v) is 7.03. The molecule has 1 N–H and O–H groups in total. The third kappa shape index (κ3) is 7.41. The first-order chi connectivity index (χ1) is 9.86. The van der Waals surface area contributed by atoms with Gasteiger partial charge in [-0.05, 0) is 43.5 Å². The van der Waals surface area contributed by atoms with E-state index in [0.29, 0.717) is 19.4 Å². The highest BCUT2D eigenvalue weighted by Crippen LogP contribution is 2.13. The molecule has 0 saturated heterocycles. The first kappa shape index (κ1) is 16.0. The number of unbranched alkanes of at least 4 members (excludes halogenated alkanes) is 3. The number of nitrogens with zero attached hydrogens (tertiary/aromatic N) is 2. The molecule has 0 spiro atoms. The van der Waals surface area contributed by atoms with E-state index < -0.39 is 0 Å². The number of hydrogen-bond donors (Lipinski definition) is 1. The number of benzene rings is 1. The van der Waals surface area contributed by atoms with Gasteiger partial charge in [-0.25, -0.2) is 0 Å². The highest BCUT2D eigenvalue weighted by atomic mass is 16.5. The summed E-state index contributed by atoms with van der Waals surface area (Å²) >= 11 is 0. The molecule has 4 nitrogen and oxygen atoms in total. The first-order valence-electron chi connectivity index (χ1n) is 7.03. The van der Waals surface area contributed by atoms with E-state index in [1.807, 2.05) is 18.2 Å². The fraction of sp³-hybridized carbons (Fsp3) is 0.500. The lowest BCUT2D eigenvalue weighted by Gasteiger charge is -2.08. The second-order valence-electron chi connectivity index (χ2n) is 4.55. The predicted molar refractivity (Wildman–Crippen MR) is 78.0 cm³/mol. The number of rotatable bonds is 10. The maximum absolute atomic E-state index is 8.45. The van der Waals surface area contributed by atoms with Gasteiger partial charge in [0.1, 0.15) is 5.75 Å². The molecule has 0 heterocycles. The van der Waals surface area contributed by atoms with Crippen LogP contribution in [0.15, 0.2) is 24.3 Å². The summed E-state index contributed by atoms with van der Waals surface area (Å²) < 4.78 is 5.59. The van der Waals surface area contributed by atoms with Gasteiger partial charge in [0.05, 0.1) is 18.7 Å². The van der Waals surface area contributed by atoms with E-state index in [9.17, 15) is 0 Å². The Hall–Kier alpha value is -2.04. The van der Waals surface area contributed by atoms with Crippen LogP contribution in [0.5, 0.6) is 5.75 Å². The minimum Gasteiger partial charge on any atom is -0.494 e. The molecule has 0 aliphatic heterocycles. The minimum absolute atomic E-state index is 0.532. The zero-order valence-corrected chi connectivity index (χ0v) is 11.8. The largest absolute Gasteiger partial charge is 0.494 e. The van der Waals surface area contributed by atoms with Gasteiger partial charge in [-0.1, -0.05) is 12.1 Å². The van der Waals surface area contributed by atoms with Crippen molar-refractivity contribution in [1.82, 2.24) is 5.32 Å². The number of hydrogen-bond acceptors (Lipinski definition) is 4. The number of nitriles is 2. The summed E-state index contributed by atoms with van der Waals surface area (Å²) in [7, 11) is 0. The Bertz CT molecular complexity index is 460. The summed E-state index contributed by atoms with van der Waals surface area (Å²) in [6.07, 6.45) is 3.90. The van der Waals surface area contributed by atoms with Gasteiger partial charge in [0.25, 0.3) is 0 Å². The van der Waals surface area contributed by atoms with Gasteiger partial charge in [0.15, 0.2) is 0 Å². The van der Waals surface area contributed by atoms with Gasteiger partial charge in [-0.2, -0.15) is 10.5 Å². The molecular weight excluding hydrogens is 250 g/mol. The molecule has 1 aromatic rings. The zero-order valence-electron chi connectivity index (χ0n) is 11.8. The van der Waals surface area contributed by atoms with Crippen LogP contribution in [0.1, 0.15) is 37.7 Å². The van der Waals surface area contributed by atoms with Gasteiger partial charge in [0.2, 0.25) is 0 Å². The fourth-order valence-corrected chi connectivity index (χ4v) is 1.77. The normalized spacial score (nSPS) is 9.70. The van der Waals surface area contributed by atoms with Crippen LogP contribution in [0.2, 0.25) is 0 Å². The van der Waals surface area contributed by atoms with E-state index in [2.05, 4.69) is 23.5 Å². The molecule has 0 aliphatic carbocycles. The molecule has 0 bridgehead atoms. The molecule has 0 radical (unpaired) electrons. The van der Waals surface area contributed by atoms with Gasteiger partial charge >= 0.3 is 0 Å².